The largest absolute Gasteiger partial charge is 0.492 e. The van der Waals surface area contributed by atoms with Crippen molar-refractivity contribution in [3.63, 3.8) is 0 Å². The number of ether oxygens (including phenoxy) is 2. The summed E-state index contributed by atoms with van der Waals surface area (Å²) < 4.78 is 12.3. The van der Waals surface area contributed by atoms with Crippen LogP contribution in [0, 0.1) is 13.8 Å². The molecule has 0 fully saturated rings. The fraction of sp³-hybridized carbons (Fsp3) is 0.174. The number of halogens is 1. The first-order valence-electron chi connectivity index (χ1n) is 8.78. The van der Waals surface area contributed by atoms with Gasteiger partial charge in [-0.3, -0.25) is 0 Å². The normalized spacial score (nSPS) is 10.5. The molecule has 27 heavy (non-hydrogen) atoms. The van der Waals surface area contributed by atoms with Gasteiger partial charge < -0.3 is 9.47 Å². The molecule has 0 aliphatic carbocycles. The van der Waals surface area contributed by atoms with Crippen molar-refractivity contribution in [2.24, 2.45) is 0 Å². The molecule has 3 rings (SSSR count). The second-order valence-electron chi connectivity index (χ2n) is 6.38. The lowest BCUT2D eigenvalue weighted by atomic mass is 10.1. The molecule has 0 aliphatic heterocycles. The van der Waals surface area contributed by atoms with Crippen LogP contribution < -0.4 is 9.47 Å². The first-order chi connectivity index (χ1) is 13.0. The van der Waals surface area contributed by atoms with Crippen LogP contribution in [0.2, 0.25) is 0 Å². The molecule has 0 atom stereocenters. The third-order valence-corrected chi connectivity index (χ3v) is 4.68. The number of rotatable bonds is 6. The smallest absolute Gasteiger partial charge is 0.347 e. The summed E-state index contributed by atoms with van der Waals surface area (Å²) in [6, 6.07) is 21.2. The average Bonchev–Trinajstić information content (AvgIpc) is 2.66. The molecule has 0 unspecified atom stereocenters. The van der Waals surface area contributed by atoms with Crippen molar-refractivity contribution in [1.29, 1.82) is 0 Å². The number of carbonyl (C=O) groups excluding carboxylic acids is 1. The molecule has 0 spiro atoms. The Bertz CT molecular complexity index is 936. The molecule has 3 aromatic carbocycles. The van der Waals surface area contributed by atoms with Gasteiger partial charge in [-0.05, 0) is 49.2 Å². The van der Waals surface area contributed by atoms with Gasteiger partial charge in [-0.15, -0.1) is 0 Å². The van der Waals surface area contributed by atoms with E-state index in [2.05, 4.69) is 28.1 Å². The Morgan fingerprint density at radius 2 is 1.67 bits per heavy atom. The molecule has 0 aromatic heterocycles. The number of hydrogen-bond donors (Lipinski definition) is 0. The molecule has 0 N–H and O–H groups in total. The zero-order chi connectivity index (χ0) is 19.2. The van der Waals surface area contributed by atoms with Gasteiger partial charge in [0.2, 0.25) is 0 Å². The fourth-order valence-electron chi connectivity index (χ4n) is 2.78. The van der Waals surface area contributed by atoms with E-state index in [0.717, 1.165) is 22.0 Å². The van der Waals surface area contributed by atoms with Crippen LogP contribution in [-0.2, 0) is 6.42 Å². The highest BCUT2D eigenvalue weighted by molar-refractivity contribution is 9.10. The van der Waals surface area contributed by atoms with Gasteiger partial charge in [0.15, 0.2) is 0 Å². The third kappa shape index (κ3) is 5.20. The third-order valence-electron chi connectivity index (χ3n) is 4.19. The molecular weight excluding hydrogens is 404 g/mol. The van der Waals surface area contributed by atoms with Gasteiger partial charge in [0, 0.05) is 10.9 Å². The molecule has 0 saturated carbocycles. The van der Waals surface area contributed by atoms with Crippen LogP contribution in [-0.4, -0.2) is 12.6 Å². The van der Waals surface area contributed by atoms with E-state index in [-0.39, 0.29) is 0 Å². The number of hydrogen-bond acceptors (Lipinski definition) is 3. The minimum Gasteiger partial charge on any atom is -0.492 e. The lowest BCUT2D eigenvalue weighted by Crippen LogP contribution is -2.12. The summed E-state index contributed by atoms with van der Waals surface area (Å²) in [6.45, 7) is 4.41. The molecule has 0 heterocycles. The van der Waals surface area contributed by atoms with Crippen molar-refractivity contribution >= 4 is 21.9 Å². The maximum Gasteiger partial charge on any atom is 0.347 e. The van der Waals surface area contributed by atoms with E-state index in [1.807, 2.05) is 56.3 Å². The van der Waals surface area contributed by atoms with Gasteiger partial charge in [0.25, 0.3) is 0 Å². The van der Waals surface area contributed by atoms with Crippen molar-refractivity contribution in [3.05, 3.63) is 93.5 Å². The Morgan fingerprint density at radius 1 is 0.926 bits per heavy atom. The summed E-state index contributed by atoms with van der Waals surface area (Å²) in [4.78, 5) is 12.7. The summed E-state index contributed by atoms with van der Waals surface area (Å²) in [5.41, 5.74) is 3.64. The maximum absolute atomic E-state index is 12.7. The second kappa shape index (κ2) is 8.87. The van der Waals surface area contributed by atoms with Crippen molar-refractivity contribution in [3.8, 4) is 11.5 Å². The number of carbonyl (C=O) groups is 1. The quantitative estimate of drug-likeness (QED) is 0.364. The van der Waals surface area contributed by atoms with Crippen LogP contribution in [0.5, 0.6) is 11.5 Å². The van der Waals surface area contributed by atoms with E-state index in [1.54, 1.807) is 12.1 Å². The fourth-order valence-corrected chi connectivity index (χ4v) is 3.14. The van der Waals surface area contributed by atoms with Crippen LogP contribution in [0.1, 0.15) is 27.0 Å². The molecular formula is C23H21BrO3. The van der Waals surface area contributed by atoms with E-state index >= 15 is 0 Å². The average molecular weight is 425 g/mol. The van der Waals surface area contributed by atoms with Gasteiger partial charge in [-0.2, -0.15) is 0 Å². The molecule has 138 valence electrons. The summed E-state index contributed by atoms with van der Waals surface area (Å²) in [7, 11) is 0. The lowest BCUT2D eigenvalue weighted by Gasteiger charge is -2.13. The minimum absolute atomic E-state index is 0.400. The highest BCUT2D eigenvalue weighted by atomic mass is 79.9. The number of aryl methyl sites for hydroxylation is 2. The topological polar surface area (TPSA) is 35.5 Å². The molecule has 3 aromatic rings. The minimum atomic E-state index is -0.432. The molecule has 0 radical (unpaired) electrons. The zero-order valence-corrected chi connectivity index (χ0v) is 17.0. The van der Waals surface area contributed by atoms with E-state index in [1.165, 1.54) is 5.56 Å². The van der Waals surface area contributed by atoms with Crippen LogP contribution in [0.3, 0.4) is 0 Å². The predicted molar refractivity (Wildman–Crippen MR) is 111 cm³/mol. The van der Waals surface area contributed by atoms with E-state index in [0.29, 0.717) is 23.7 Å². The van der Waals surface area contributed by atoms with Crippen LogP contribution in [0.15, 0.2) is 71.2 Å². The van der Waals surface area contributed by atoms with Gasteiger partial charge in [-0.25, -0.2) is 4.79 Å². The first kappa shape index (κ1) is 19.2. The van der Waals surface area contributed by atoms with Crippen molar-refractivity contribution in [1.82, 2.24) is 0 Å². The number of benzene rings is 3. The SMILES string of the molecule is Cc1ccc(OC(=O)c2cc(Br)ccc2OCCc2ccccc2)c(C)c1. The Kier molecular flexibility index (Phi) is 6.30. The number of esters is 1. The molecule has 4 heteroatoms. The Labute approximate surface area is 168 Å². The Balaban J connectivity index is 1.73. The van der Waals surface area contributed by atoms with Crippen LogP contribution in [0.4, 0.5) is 0 Å². The van der Waals surface area contributed by atoms with Crippen molar-refractivity contribution < 1.29 is 14.3 Å². The van der Waals surface area contributed by atoms with Crippen LogP contribution in [0.25, 0.3) is 0 Å². The summed E-state index contributed by atoms with van der Waals surface area (Å²) in [5, 5.41) is 0. The Morgan fingerprint density at radius 3 is 2.41 bits per heavy atom. The Hall–Kier alpha value is -2.59. The maximum atomic E-state index is 12.7. The van der Waals surface area contributed by atoms with E-state index in [4.69, 9.17) is 9.47 Å². The van der Waals surface area contributed by atoms with Gasteiger partial charge >= 0.3 is 5.97 Å². The van der Waals surface area contributed by atoms with E-state index < -0.39 is 5.97 Å². The van der Waals surface area contributed by atoms with Gasteiger partial charge in [0.1, 0.15) is 17.1 Å². The zero-order valence-electron chi connectivity index (χ0n) is 15.4. The summed E-state index contributed by atoms with van der Waals surface area (Å²) in [5.74, 6) is 0.641. The van der Waals surface area contributed by atoms with Crippen molar-refractivity contribution in [2.75, 3.05) is 6.61 Å². The van der Waals surface area contributed by atoms with Crippen molar-refractivity contribution in [2.45, 2.75) is 20.3 Å². The highest BCUT2D eigenvalue weighted by Gasteiger charge is 2.17. The first-order valence-corrected chi connectivity index (χ1v) is 9.58. The standard InChI is InChI=1S/C23H21BrO3/c1-16-8-10-21(17(2)14-16)27-23(25)20-15-19(24)9-11-22(20)26-13-12-18-6-4-3-5-7-18/h3-11,14-15H,12-13H2,1-2H3. The summed E-state index contributed by atoms with van der Waals surface area (Å²) >= 11 is 3.42. The molecule has 0 aliphatic rings. The molecule has 0 saturated heterocycles. The van der Waals surface area contributed by atoms with E-state index in [9.17, 15) is 4.79 Å². The monoisotopic (exact) mass is 424 g/mol. The summed E-state index contributed by atoms with van der Waals surface area (Å²) in [6.07, 6.45) is 0.766. The molecule has 0 amide bonds. The molecule has 3 nitrogen and oxygen atoms in total. The second-order valence-corrected chi connectivity index (χ2v) is 7.30. The van der Waals surface area contributed by atoms with Gasteiger partial charge in [0.05, 0.1) is 6.61 Å². The molecule has 0 bridgehead atoms. The highest BCUT2D eigenvalue weighted by Crippen LogP contribution is 2.26. The van der Waals surface area contributed by atoms with Crippen LogP contribution >= 0.6 is 15.9 Å². The van der Waals surface area contributed by atoms with Gasteiger partial charge in [-0.1, -0.05) is 64.0 Å². The predicted octanol–water partition coefficient (Wildman–Crippen LogP) is 5.91. The lowest BCUT2D eigenvalue weighted by molar-refractivity contribution is 0.0729.